The first kappa shape index (κ1) is 95.0. The molecule has 45 nitrogen and oxygen atoms in total. The molecular weight excluding hydrogens is 1490 g/mol. The fourth-order valence-corrected chi connectivity index (χ4v) is 12.4. The molecular formula is C67H103N15O30. The average molecular weight is 1600 g/mol. The number of nitrogens with two attached hydrogens (primary N) is 2. The van der Waals surface area contributed by atoms with Crippen molar-refractivity contribution < 1.29 is 147 Å². The highest BCUT2D eigenvalue weighted by atomic mass is 16.4. The summed E-state index contributed by atoms with van der Waals surface area (Å²) in [6.07, 6.45) is -9.07. The fourth-order valence-electron chi connectivity index (χ4n) is 12.4. The van der Waals surface area contributed by atoms with Crippen LogP contribution in [0.4, 0.5) is 0 Å². The lowest BCUT2D eigenvalue weighted by atomic mass is 9.99. The summed E-state index contributed by atoms with van der Waals surface area (Å²) in [7, 11) is 0. The summed E-state index contributed by atoms with van der Waals surface area (Å²) >= 11 is 0. The molecule has 0 aromatic heterocycles. The number of carboxylic acids is 8. The number of unbranched alkanes of at least 4 members (excludes halogenated alkanes) is 1. The van der Waals surface area contributed by atoms with Crippen LogP contribution in [0.25, 0.3) is 0 Å². The van der Waals surface area contributed by atoms with E-state index in [-0.39, 0.29) is 90.4 Å². The topological polar surface area (TPSA) is 723 Å². The van der Waals surface area contributed by atoms with Crippen LogP contribution in [0.3, 0.4) is 0 Å². The number of aliphatic hydroxyl groups excluding tert-OH is 1. The Labute approximate surface area is 640 Å². The molecule has 0 radical (unpaired) electrons. The minimum atomic E-state index is -2.14. The molecule has 0 unspecified atom stereocenters. The summed E-state index contributed by atoms with van der Waals surface area (Å²) in [6, 6.07) is -23.6. The number of aliphatic hydroxyl groups is 1. The minimum Gasteiger partial charge on any atom is -0.481 e. The smallest absolute Gasteiger partial charge is 0.326 e. The zero-order valence-electron chi connectivity index (χ0n) is 62.1. The third-order valence-corrected chi connectivity index (χ3v) is 18.8. The summed E-state index contributed by atoms with van der Waals surface area (Å²) in [4.78, 5) is 279. The molecule has 0 spiro atoms. The van der Waals surface area contributed by atoms with Gasteiger partial charge in [0.2, 0.25) is 76.8 Å². The molecule has 3 rings (SSSR count). The van der Waals surface area contributed by atoms with Crippen molar-refractivity contribution in [1.29, 1.82) is 0 Å². The number of nitrogens with zero attached hydrogens (tertiary/aromatic N) is 3. The van der Waals surface area contributed by atoms with Crippen molar-refractivity contribution in [2.75, 3.05) is 32.8 Å². The quantitative estimate of drug-likeness (QED) is 0.0252. The molecule has 3 aliphatic heterocycles. The Morgan fingerprint density at radius 2 is 0.679 bits per heavy atom. The van der Waals surface area contributed by atoms with Crippen molar-refractivity contribution >= 4 is 125 Å². The first-order valence-corrected chi connectivity index (χ1v) is 36.4. The van der Waals surface area contributed by atoms with Gasteiger partial charge in [-0.3, -0.25) is 95.9 Å². The van der Waals surface area contributed by atoms with Gasteiger partial charge in [0.05, 0.1) is 19.1 Å². The molecule has 3 heterocycles. The number of aliphatic carboxylic acids is 8. The maximum Gasteiger partial charge on any atom is 0.326 e. The van der Waals surface area contributed by atoms with Gasteiger partial charge in [-0.2, -0.15) is 0 Å². The second-order valence-corrected chi connectivity index (χ2v) is 27.3. The zero-order chi connectivity index (χ0) is 84.4. The summed E-state index contributed by atoms with van der Waals surface area (Å²) in [5, 5.41) is 110. The first-order chi connectivity index (χ1) is 52.7. The Morgan fingerprint density at radius 3 is 1.04 bits per heavy atom. The van der Waals surface area contributed by atoms with E-state index in [9.17, 15) is 142 Å². The van der Waals surface area contributed by atoms with Gasteiger partial charge in [0.25, 0.3) is 0 Å². The molecule has 0 aliphatic carbocycles. The molecule has 112 heavy (non-hydrogen) atoms. The lowest BCUT2D eigenvalue weighted by Crippen LogP contribution is -2.61. The van der Waals surface area contributed by atoms with E-state index < -0.39 is 299 Å². The third kappa shape index (κ3) is 31.3. The van der Waals surface area contributed by atoms with E-state index in [1.165, 1.54) is 6.92 Å². The number of carboxylic acid groups (broad SMARTS) is 8. The van der Waals surface area contributed by atoms with Crippen LogP contribution in [0.2, 0.25) is 0 Å². The van der Waals surface area contributed by atoms with E-state index in [2.05, 4.69) is 47.9 Å². The van der Waals surface area contributed by atoms with Crippen LogP contribution >= 0.6 is 0 Å². The van der Waals surface area contributed by atoms with Gasteiger partial charge in [-0.1, -0.05) is 20.3 Å². The number of hydrogen-bond donors (Lipinski definition) is 21. The zero-order valence-corrected chi connectivity index (χ0v) is 62.1. The predicted octanol–water partition coefficient (Wildman–Crippen LogP) is -6.93. The molecule has 3 fully saturated rings. The third-order valence-electron chi connectivity index (χ3n) is 18.8. The molecule has 0 aromatic rings. The van der Waals surface area contributed by atoms with Crippen molar-refractivity contribution in [3.8, 4) is 0 Å². The lowest BCUT2D eigenvalue weighted by molar-refractivity contribution is -0.145. The van der Waals surface area contributed by atoms with Crippen LogP contribution in [0.1, 0.15) is 168 Å². The Hall–Kier alpha value is -11.2. The second kappa shape index (κ2) is 47.1. The van der Waals surface area contributed by atoms with Gasteiger partial charge in [-0.15, -0.1) is 0 Å². The largest absolute Gasteiger partial charge is 0.481 e. The summed E-state index contributed by atoms with van der Waals surface area (Å²) in [6.45, 7) is 2.72. The highest BCUT2D eigenvalue weighted by Gasteiger charge is 2.45. The van der Waals surface area contributed by atoms with E-state index in [0.717, 1.165) is 14.7 Å². The number of amides is 13. The molecule has 15 atom stereocenters. The predicted molar refractivity (Wildman–Crippen MR) is 378 cm³/mol. The molecule has 0 aromatic carbocycles. The summed E-state index contributed by atoms with van der Waals surface area (Å²) < 4.78 is 0. The van der Waals surface area contributed by atoms with E-state index in [0.29, 0.717) is 6.42 Å². The normalized spacial score (nSPS) is 18.4. The second-order valence-electron chi connectivity index (χ2n) is 27.3. The first-order valence-electron chi connectivity index (χ1n) is 36.4. The Balaban J connectivity index is 1.90. The maximum atomic E-state index is 14.7. The maximum absolute atomic E-state index is 14.7. The van der Waals surface area contributed by atoms with E-state index in [1.807, 2.05) is 5.32 Å². The monoisotopic (exact) mass is 1600 g/mol. The van der Waals surface area contributed by atoms with Crippen molar-refractivity contribution in [3.63, 3.8) is 0 Å². The number of hydrogen-bond acceptors (Lipinski definition) is 24. The number of rotatable bonds is 51. The molecule has 3 aliphatic rings. The number of nitrogens with one attached hydrogen (secondary N) is 10. The molecule has 23 N–H and O–H groups in total. The van der Waals surface area contributed by atoms with E-state index in [1.54, 1.807) is 13.8 Å². The van der Waals surface area contributed by atoms with Crippen molar-refractivity contribution in [2.24, 2.45) is 17.4 Å². The van der Waals surface area contributed by atoms with Gasteiger partial charge in [0.15, 0.2) is 0 Å². The molecule has 3 saturated heterocycles. The highest BCUT2D eigenvalue weighted by Crippen LogP contribution is 2.25. The number of carbonyl (C=O) groups excluding carboxylic acids is 13. The molecule has 45 heteroatoms. The van der Waals surface area contributed by atoms with Crippen LogP contribution in [0, 0.1) is 5.92 Å². The van der Waals surface area contributed by atoms with Crippen molar-refractivity contribution in [1.82, 2.24) is 67.9 Å². The van der Waals surface area contributed by atoms with Gasteiger partial charge in [0.1, 0.15) is 78.5 Å². The standard InChI is InChI=1S/C67H103N15O30/c1-4-32(2)53(67(111)112)79-54(98)33(3)70-55(99)36(15-21-47(86)87)74-62(106)45-13-9-29-82(45)65(109)39(18-24-50(92)93)75-56(100)35(10-5-6-26-68)73-61(105)44-12-8-28-81(44)66(110)40(19-25-51(94)95)76-58(102)38(17-23-49(90)91)71-57(101)37(16-22-48(88)89)72-60(104)42(31-83)78-59(103)41(30-52(96)97)77-63(107)43-11-7-27-80(43)64(108)34(69)14-20-46(84)85/h32-45,53,83H,4-31,68-69H2,1-3H3,(H,70,99)(H,71,101)(H,72,104)(H,73,105)(H,74,106)(H,75,100)(H,76,102)(H,77,107)(H,78,103)(H,79,98)(H,84,85)(H,86,87)(H,88,89)(H,90,91)(H,92,93)(H,94,95)(H,96,97)(H,111,112)/t32-,33-,34-,35-,36-,37-,38-,39-,40-,41-,42-,43-,44-,45-,53-/m0/s1. The van der Waals surface area contributed by atoms with Gasteiger partial charge in [0, 0.05) is 58.2 Å². The molecule has 13 amide bonds. The average Bonchev–Trinajstić information content (AvgIpc) is 1.66. The Bertz CT molecular complexity index is 3450. The lowest BCUT2D eigenvalue weighted by Gasteiger charge is -2.32. The highest BCUT2D eigenvalue weighted by molar-refractivity contribution is 6.01. The van der Waals surface area contributed by atoms with Gasteiger partial charge in [-0.25, -0.2) is 4.79 Å². The van der Waals surface area contributed by atoms with E-state index in [4.69, 9.17) is 16.6 Å². The fraction of sp³-hybridized carbons (Fsp3) is 0.687. The van der Waals surface area contributed by atoms with Crippen LogP contribution in [0.5, 0.6) is 0 Å². The van der Waals surface area contributed by atoms with Crippen LogP contribution in [0.15, 0.2) is 0 Å². The minimum absolute atomic E-state index is 0.0155. The summed E-state index contributed by atoms with van der Waals surface area (Å²) in [5.74, 6) is -27.3. The van der Waals surface area contributed by atoms with Gasteiger partial charge < -0.3 is 125 Å². The van der Waals surface area contributed by atoms with Crippen LogP contribution in [-0.4, -0.2) is 303 Å². The van der Waals surface area contributed by atoms with Crippen molar-refractivity contribution in [3.05, 3.63) is 0 Å². The SMILES string of the molecule is CC[C@H](C)[C@H](NC(=O)[C@H](C)NC(=O)[C@H](CCC(=O)O)NC(=O)[C@@H]1CCCN1C(=O)[C@H](CCC(=O)O)NC(=O)[C@H](CCCCN)NC(=O)[C@@H]1CCCN1C(=O)[C@H](CCC(=O)O)NC(=O)[C@H](CCC(=O)O)NC(=O)[C@H](CCC(=O)O)NC(=O)[C@H](CO)NC(=O)[C@H](CC(=O)O)NC(=O)[C@@H]1CCCN1C(=O)[C@@H](N)CCC(=O)O)C(=O)O. The van der Waals surface area contributed by atoms with E-state index >= 15 is 0 Å². The Kier molecular flexibility index (Phi) is 39.9. The van der Waals surface area contributed by atoms with Crippen LogP contribution < -0.4 is 64.6 Å². The molecule has 0 bridgehead atoms. The van der Waals surface area contributed by atoms with Gasteiger partial charge in [-0.05, 0) is 116 Å². The van der Waals surface area contributed by atoms with Crippen LogP contribution in [-0.2, 0) is 101 Å². The Morgan fingerprint density at radius 1 is 0.366 bits per heavy atom. The molecule has 0 saturated carbocycles. The van der Waals surface area contributed by atoms with Gasteiger partial charge >= 0.3 is 47.8 Å². The van der Waals surface area contributed by atoms with Crippen molar-refractivity contribution in [2.45, 2.75) is 253 Å². The number of likely N-dealkylation sites (tertiary alicyclic amines) is 3. The molecule has 626 valence electrons. The summed E-state index contributed by atoms with van der Waals surface area (Å²) in [5.41, 5.74) is 11.6. The number of carbonyl (C=O) groups is 21.